The number of aryl methyl sites for hydroxylation is 2. The Bertz CT molecular complexity index is 563. The smallest absolute Gasteiger partial charge is 0.000835 e. The van der Waals surface area contributed by atoms with Crippen LogP contribution < -0.4 is 5.73 Å². The molecule has 1 fully saturated rings. The average molecular weight is 326 g/mol. The lowest BCUT2D eigenvalue weighted by atomic mass is 9.89. The third-order valence-corrected chi connectivity index (χ3v) is 5.73. The summed E-state index contributed by atoms with van der Waals surface area (Å²) in [6, 6.07) is 7.11. The summed E-state index contributed by atoms with van der Waals surface area (Å²) in [6.45, 7) is 13.1. The zero-order chi connectivity index (χ0) is 17.5. The highest BCUT2D eigenvalue weighted by atomic mass is 14.5. The van der Waals surface area contributed by atoms with Crippen LogP contribution in [0.1, 0.15) is 62.1 Å². The summed E-state index contributed by atoms with van der Waals surface area (Å²) in [5.74, 6) is 1.30. The van der Waals surface area contributed by atoms with Gasteiger partial charge in [0.1, 0.15) is 0 Å². The second-order valence-corrected chi connectivity index (χ2v) is 7.75. The molecule has 0 amide bonds. The molecule has 1 nitrogen and oxygen atoms in total. The lowest BCUT2D eigenvalue weighted by Gasteiger charge is -2.18. The van der Waals surface area contributed by atoms with Gasteiger partial charge in [-0.05, 0) is 80.2 Å². The molecular formula is C23H35N. The molecule has 1 aromatic carbocycles. The molecule has 1 aliphatic carbocycles. The van der Waals surface area contributed by atoms with Crippen molar-refractivity contribution >= 4 is 0 Å². The monoisotopic (exact) mass is 325 g/mol. The quantitative estimate of drug-likeness (QED) is 0.574. The van der Waals surface area contributed by atoms with Gasteiger partial charge in [-0.15, -0.1) is 0 Å². The van der Waals surface area contributed by atoms with E-state index in [1.807, 2.05) is 6.92 Å². The van der Waals surface area contributed by atoms with Crippen LogP contribution in [0.5, 0.6) is 0 Å². The van der Waals surface area contributed by atoms with Gasteiger partial charge in [0.25, 0.3) is 0 Å². The molecule has 0 bridgehead atoms. The van der Waals surface area contributed by atoms with Crippen molar-refractivity contribution in [2.24, 2.45) is 17.6 Å². The highest BCUT2D eigenvalue weighted by Crippen LogP contribution is 2.29. The van der Waals surface area contributed by atoms with E-state index in [0.29, 0.717) is 12.5 Å². The second-order valence-electron chi connectivity index (χ2n) is 7.75. The van der Waals surface area contributed by atoms with Gasteiger partial charge >= 0.3 is 0 Å². The van der Waals surface area contributed by atoms with E-state index in [2.05, 4.69) is 38.3 Å². The standard InChI is InChI=1S/C23H35N/c1-17(2)19(4)23(16-24)11-7-10-21-12-13-22(18(3)14-21)15-20-8-5-6-9-20/h12-14,20,23H,1,4-11,15-16,24H2,2-3H3. The molecule has 0 aliphatic heterocycles. The first-order chi connectivity index (χ1) is 11.5. The molecule has 0 saturated heterocycles. The molecule has 1 aliphatic rings. The number of benzene rings is 1. The number of rotatable bonds is 9. The van der Waals surface area contributed by atoms with Crippen molar-refractivity contribution in [1.29, 1.82) is 0 Å². The van der Waals surface area contributed by atoms with Crippen molar-refractivity contribution in [3.05, 3.63) is 59.2 Å². The minimum Gasteiger partial charge on any atom is -0.330 e. The fraction of sp³-hybridized carbons (Fsp3) is 0.565. The van der Waals surface area contributed by atoms with Gasteiger partial charge in [-0.1, -0.05) is 62.6 Å². The molecule has 0 spiro atoms. The van der Waals surface area contributed by atoms with Gasteiger partial charge in [-0.2, -0.15) is 0 Å². The van der Waals surface area contributed by atoms with Gasteiger partial charge in [0.2, 0.25) is 0 Å². The van der Waals surface area contributed by atoms with E-state index in [-0.39, 0.29) is 0 Å². The van der Waals surface area contributed by atoms with Crippen LogP contribution in [0.25, 0.3) is 0 Å². The Hall–Kier alpha value is -1.34. The maximum absolute atomic E-state index is 5.91. The van der Waals surface area contributed by atoms with Gasteiger partial charge in [0, 0.05) is 0 Å². The summed E-state index contributed by atoms with van der Waals surface area (Å²) in [4.78, 5) is 0. The van der Waals surface area contributed by atoms with E-state index in [1.165, 1.54) is 43.2 Å². The molecule has 1 atom stereocenters. The van der Waals surface area contributed by atoms with Gasteiger partial charge < -0.3 is 5.73 Å². The molecule has 1 unspecified atom stereocenters. The van der Waals surface area contributed by atoms with E-state index in [1.54, 1.807) is 5.56 Å². The first-order valence-corrected chi connectivity index (χ1v) is 9.64. The number of allylic oxidation sites excluding steroid dienone is 1. The Kier molecular flexibility index (Phi) is 7.30. The summed E-state index contributed by atoms with van der Waals surface area (Å²) in [7, 11) is 0. The third kappa shape index (κ3) is 5.34. The highest BCUT2D eigenvalue weighted by molar-refractivity contribution is 5.32. The molecule has 1 saturated carbocycles. The largest absolute Gasteiger partial charge is 0.330 e. The first-order valence-electron chi connectivity index (χ1n) is 9.64. The molecule has 0 heterocycles. The van der Waals surface area contributed by atoms with Crippen LogP contribution in [0.2, 0.25) is 0 Å². The number of nitrogens with two attached hydrogens (primary N) is 1. The van der Waals surface area contributed by atoms with Crippen molar-refractivity contribution in [3.63, 3.8) is 0 Å². The van der Waals surface area contributed by atoms with Gasteiger partial charge in [-0.3, -0.25) is 0 Å². The Balaban J connectivity index is 1.85. The SMILES string of the molecule is C=C(C)C(=C)C(CN)CCCc1ccc(CC2CCCC2)c(C)c1. The lowest BCUT2D eigenvalue weighted by molar-refractivity contribution is 0.543. The number of hydrogen-bond acceptors (Lipinski definition) is 1. The zero-order valence-electron chi connectivity index (χ0n) is 15.7. The minimum absolute atomic E-state index is 0.380. The molecular weight excluding hydrogens is 290 g/mol. The molecule has 0 radical (unpaired) electrons. The van der Waals surface area contributed by atoms with Gasteiger partial charge in [0.15, 0.2) is 0 Å². The fourth-order valence-electron chi connectivity index (χ4n) is 4.00. The molecule has 1 heteroatoms. The van der Waals surface area contributed by atoms with Crippen LogP contribution >= 0.6 is 0 Å². The normalized spacial score (nSPS) is 16.3. The van der Waals surface area contributed by atoms with Crippen molar-refractivity contribution in [1.82, 2.24) is 0 Å². The summed E-state index contributed by atoms with van der Waals surface area (Å²) in [5.41, 5.74) is 12.6. The maximum atomic E-state index is 5.91. The van der Waals surface area contributed by atoms with Crippen LogP contribution in [0.3, 0.4) is 0 Å². The van der Waals surface area contributed by atoms with E-state index >= 15 is 0 Å². The summed E-state index contributed by atoms with van der Waals surface area (Å²) >= 11 is 0. The van der Waals surface area contributed by atoms with Crippen molar-refractivity contribution < 1.29 is 0 Å². The molecule has 0 aromatic heterocycles. The van der Waals surface area contributed by atoms with Gasteiger partial charge in [0.05, 0.1) is 0 Å². The van der Waals surface area contributed by atoms with Crippen LogP contribution in [0.4, 0.5) is 0 Å². The first kappa shape index (κ1) is 19.0. The van der Waals surface area contributed by atoms with Crippen LogP contribution in [-0.4, -0.2) is 6.54 Å². The van der Waals surface area contributed by atoms with Crippen molar-refractivity contribution in [2.75, 3.05) is 6.54 Å². The van der Waals surface area contributed by atoms with E-state index in [9.17, 15) is 0 Å². The number of hydrogen-bond donors (Lipinski definition) is 1. The van der Waals surface area contributed by atoms with Crippen molar-refractivity contribution in [3.8, 4) is 0 Å². The van der Waals surface area contributed by atoms with E-state index in [4.69, 9.17) is 5.73 Å². The van der Waals surface area contributed by atoms with Crippen LogP contribution in [-0.2, 0) is 12.8 Å². The third-order valence-electron chi connectivity index (χ3n) is 5.73. The topological polar surface area (TPSA) is 26.0 Å². The van der Waals surface area contributed by atoms with Crippen molar-refractivity contribution in [2.45, 2.75) is 65.2 Å². The zero-order valence-corrected chi connectivity index (χ0v) is 15.7. The molecule has 1 aromatic rings. The summed E-state index contributed by atoms with van der Waals surface area (Å²) < 4.78 is 0. The highest BCUT2D eigenvalue weighted by Gasteiger charge is 2.16. The Morgan fingerprint density at radius 3 is 2.54 bits per heavy atom. The predicted octanol–water partition coefficient (Wildman–Crippen LogP) is 5.76. The minimum atomic E-state index is 0.380. The molecule has 24 heavy (non-hydrogen) atoms. The average Bonchev–Trinajstić information content (AvgIpc) is 3.06. The van der Waals surface area contributed by atoms with Crippen LogP contribution in [0, 0.1) is 18.8 Å². The predicted molar refractivity (Wildman–Crippen MR) is 106 cm³/mol. The van der Waals surface area contributed by atoms with E-state index < -0.39 is 0 Å². The lowest BCUT2D eigenvalue weighted by Crippen LogP contribution is -2.17. The molecule has 132 valence electrons. The molecule has 2 N–H and O–H groups in total. The Labute approximate surface area is 149 Å². The Morgan fingerprint density at radius 1 is 1.25 bits per heavy atom. The van der Waals surface area contributed by atoms with Crippen LogP contribution in [0.15, 0.2) is 42.5 Å². The van der Waals surface area contributed by atoms with Gasteiger partial charge in [-0.25, -0.2) is 0 Å². The van der Waals surface area contributed by atoms with E-state index in [0.717, 1.165) is 36.3 Å². The molecule has 2 rings (SSSR count). The second kappa shape index (κ2) is 9.22. The maximum Gasteiger partial charge on any atom is -0.000835 e. The Morgan fingerprint density at radius 2 is 1.96 bits per heavy atom. The summed E-state index contributed by atoms with van der Waals surface area (Å²) in [5, 5.41) is 0. The fourth-order valence-corrected chi connectivity index (χ4v) is 4.00. The summed E-state index contributed by atoms with van der Waals surface area (Å²) in [6.07, 6.45) is 10.4.